The van der Waals surface area contributed by atoms with Gasteiger partial charge in [0.1, 0.15) is 5.69 Å². The van der Waals surface area contributed by atoms with Gasteiger partial charge in [0, 0.05) is 16.7 Å². The highest BCUT2D eigenvalue weighted by atomic mass is 32.2. The molecule has 2 rings (SSSR count). The van der Waals surface area contributed by atoms with E-state index in [0.717, 1.165) is 17.7 Å². The van der Waals surface area contributed by atoms with Gasteiger partial charge in [-0.15, -0.1) is 11.8 Å². The molecule has 0 aromatic heterocycles. The topological polar surface area (TPSA) is 81.2 Å². The van der Waals surface area contributed by atoms with Crippen molar-refractivity contribution in [2.24, 2.45) is 5.84 Å². The highest BCUT2D eigenvalue weighted by Gasteiger charge is 2.13. The van der Waals surface area contributed by atoms with Crippen LogP contribution in [0.5, 0.6) is 0 Å². The SMILES string of the molecule is NNc1cc(CSc2ccc(F)c(F)c2)ccc1[N+](=O)[O-]. The molecule has 2 aromatic rings. The molecule has 2 aromatic carbocycles. The molecule has 5 nitrogen and oxygen atoms in total. The molecular weight excluding hydrogens is 300 g/mol. The number of hydrazine groups is 1. The fourth-order valence-electron chi connectivity index (χ4n) is 1.68. The number of benzene rings is 2. The summed E-state index contributed by atoms with van der Waals surface area (Å²) >= 11 is 1.28. The van der Waals surface area contributed by atoms with Gasteiger partial charge in [0.25, 0.3) is 5.69 Å². The van der Waals surface area contributed by atoms with Crippen LogP contribution in [0.15, 0.2) is 41.3 Å². The van der Waals surface area contributed by atoms with Crippen molar-refractivity contribution in [1.82, 2.24) is 0 Å². The Balaban J connectivity index is 2.13. The number of nitrogens with two attached hydrogens (primary N) is 1. The molecule has 0 aliphatic heterocycles. The third-order valence-corrected chi connectivity index (χ3v) is 3.77. The molecule has 0 atom stereocenters. The van der Waals surface area contributed by atoms with Crippen molar-refractivity contribution in [1.29, 1.82) is 0 Å². The van der Waals surface area contributed by atoms with Crippen molar-refractivity contribution < 1.29 is 13.7 Å². The average molecular weight is 311 g/mol. The first-order valence-corrected chi connectivity index (χ1v) is 6.81. The smallest absolute Gasteiger partial charge is 0.293 e. The molecule has 0 heterocycles. The zero-order chi connectivity index (χ0) is 15.4. The van der Waals surface area contributed by atoms with Gasteiger partial charge in [0.05, 0.1) is 4.92 Å². The summed E-state index contributed by atoms with van der Waals surface area (Å²) in [7, 11) is 0. The lowest BCUT2D eigenvalue weighted by Crippen LogP contribution is -2.09. The molecule has 0 spiro atoms. The second-order valence-electron chi connectivity index (χ2n) is 4.12. The minimum atomic E-state index is -0.909. The third kappa shape index (κ3) is 3.67. The van der Waals surface area contributed by atoms with Crippen molar-refractivity contribution >= 4 is 23.1 Å². The second-order valence-corrected chi connectivity index (χ2v) is 5.17. The molecule has 8 heteroatoms. The maximum Gasteiger partial charge on any atom is 0.293 e. The van der Waals surface area contributed by atoms with Crippen molar-refractivity contribution in [3.63, 3.8) is 0 Å². The predicted octanol–water partition coefficient (Wildman–Crippen LogP) is 3.45. The first kappa shape index (κ1) is 15.2. The van der Waals surface area contributed by atoms with Gasteiger partial charge in [-0.25, -0.2) is 8.78 Å². The summed E-state index contributed by atoms with van der Waals surface area (Å²) in [5.74, 6) is 3.88. The van der Waals surface area contributed by atoms with E-state index in [1.54, 1.807) is 12.1 Å². The van der Waals surface area contributed by atoms with E-state index in [2.05, 4.69) is 5.43 Å². The fourth-order valence-corrected chi connectivity index (χ4v) is 2.55. The molecule has 21 heavy (non-hydrogen) atoms. The lowest BCUT2D eigenvalue weighted by Gasteiger charge is -2.06. The molecule has 0 unspecified atom stereocenters. The van der Waals surface area contributed by atoms with Crippen LogP contribution < -0.4 is 11.3 Å². The largest absolute Gasteiger partial charge is 0.318 e. The lowest BCUT2D eigenvalue weighted by atomic mass is 10.2. The van der Waals surface area contributed by atoms with E-state index in [1.165, 1.54) is 23.9 Å². The molecule has 0 bridgehead atoms. The van der Waals surface area contributed by atoms with Crippen molar-refractivity contribution in [2.75, 3.05) is 5.43 Å². The number of hydrogen-bond acceptors (Lipinski definition) is 5. The van der Waals surface area contributed by atoms with Crippen molar-refractivity contribution in [3.05, 3.63) is 63.7 Å². The molecule has 0 amide bonds. The van der Waals surface area contributed by atoms with E-state index < -0.39 is 16.6 Å². The number of nitrogens with one attached hydrogen (secondary N) is 1. The minimum absolute atomic E-state index is 0.126. The monoisotopic (exact) mass is 311 g/mol. The summed E-state index contributed by atoms with van der Waals surface area (Å²) in [6.45, 7) is 0. The van der Waals surface area contributed by atoms with Gasteiger partial charge in [-0.3, -0.25) is 16.0 Å². The van der Waals surface area contributed by atoms with Gasteiger partial charge >= 0.3 is 0 Å². The van der Waals surface area contributed by atoms with Crippen LogP contribution in [0.4, 0.5) is 20.2 Å². The highest BCUT2D eigenvalue weighted by molar-refractivity contribution is 7.98. The van der Waals surface area contributed by atoms with Crippen LogP contribution in [0, 0.1) is 21.7 Å². The Bertz CT molecular complexity index is 682. The molecule has 0 saturated heterocycles. The number of nitro benzene ring substituents is 1. The number of nitro groups is 1. The Kier molecular flexibility index (Phi) is 4.71. The molecular formula is C13H11F2N3O2S. The number of halogens is 2. The molecule has 0 aliphatic rings. The van der Waals surface area contributed by atoms with E-state index in [4.69, 9.17) is 5.84 Å². The van der Waals surface area contributed by atoms with Gasteiger partial charge in [-0.2, -0.15) is 0 Å². The number of nitrogen functional groups attached to an aromatic ring is 1. The molecule has 0 aliphatic carbocycles. The maximum atomic E-state index is 13.1. The first-order valence-electron chi connectivity index (χ1n) is 5.83. The summed E-state index contributed by atoms with van der Waals surface area (Å²) in [6.07, 6.45) is 0. The van der Waals surface area contributed by atoms with Crippen LogP contribution in [-0.4, -0.2) is 4.92 Å². The molecule has 0 saturated carbocycles. The Morgan fingerprint density at radius 3 is 2.57 bits per heavy atom. The van der Waals surface area contributed by atoms with E-state index in [0.29, 0.717) is 10.6 Å². The number of nitrogens with zero attached hydrogens (tertiary/aromatic N) is 1. The van der Waals surface area contributed by atoms with Crippen LogP contribution in [0.3, 0.4) is 0 Å². The number of rotatable bonds is 5. The maximum absolute atomic E-state index is 13.1. The number of hydrogen-bond donors (Lipinski definition) is 2. The normalized spacial score (nSPS) is 10.4. The summed E-state index contributed by atoms with van der Waals surface area (Å²) in [5, 5.41) is 10.8. The lowest BCUT2D eigenvalue weighted by molar-refractivity contribution is -0.384. The van der Waals surface area contributed by atoms with Gasteiger partial charge in [0.2, 0.25) is 0 Å². The van der Waals surface area contributed by atoms with Gasteiger partial charge in [-0.05, 0) is 29.8 Å². The average Bonchev–Trinajstić information content (AvgIpc) is 2.48. The van der Waals surface area contributed by atoms with Crippen molar-refractivity contribution in [3.8, 4) is 0 Å². The van der Waals surface area contributed by atoms with E-state index in [1.807, 2.05) is 0 Å². The third-order valence-electron chi connectivity index (χ3n) is 2.71. The number of anilines is 1. The van der Waals surface area contributed by atoms with E-state index in [-0.39, 0.29) is 11.4 Å². The van der Waals surface area contributed by atoms with Crippen LogP contribution in [0.1, 0.15) is 5.56 Å². The Labute approximate surface area is 123 Å². The summed E-state index contributed by atoms with van der Waals surface area (Å²) in [4.78, 5) is 10.8. The second kappa shape index (κ2) is 6.51. The molecule has 110 valence electrons. The van der Waals surface area contributed by atoms with Crippen LogP contribution in [0.2, 0.25) is 0 Å². The fraction of sp³-hybridized carbons (Fsp3) is 0.0769. The van der Waals surface area contributed by atoms with Gasteiger partial charge in [0.15, 0.2) is 11.6 Å². The van der Waals surface area contributed by atoms with E-state index >= 15 is 0 Å². The van der Waals surface area contributed by atoms with Crippen LogP contribution in [0.25, 0.3) is 0 Å². The standard InChI is InChI=1S/C13H11F2N3O2S/c14-10-3-2-9(6-11(10)15)21-7-8-1-4-13(18(19)20)12(5-8)17-16/h1-6,17H,7,16H2. The summed E-state index contributed by atoms with van der Waals surface area (Å²) in [5.41, 5.74) is 3.11. The van der Waals surface area contributed by atoms with Gasteiger partial charge < -0.3 is 5.43 Å². The molecule has 0 radical (unpaired) electrons. The quantitative estimate of drug-likeness (QED) is 0.382. The summed E-state index contributed by atoms with van der Waals surface area (Å²) < 4.78 is 25.9. The summed E-state index contributed by atoms with van der Waals surface area (Å²) in [6, 6.07) is 8.11. The van der Waals surface area contributed by atoms with Crippen LogP contribution >= 0.6 is 11.8 Å². The Hall–Kier alpha value is -2.19. The highest BCUT2D eigenvalue weighted by Crippen LogP contribution is 2.29. The van der Waals surface area contributed by atoms with Gasteiger partial charge in [-0.1, -0.05) is 6.07 Å². The first-order chi connectivity index (χ1) is 10.0. The minimum Gasteiger partial charge on any atom is -0.318 e. The van der Waals surface area contributed by atoms with Crippen molar-refractivity contribution in [2.45, 2.75) is 10.6 Å². The zero-order valence-corrected chi connectivity index (χ0v) is 11.5. The van der Waals surface area contributed by atoms with E-state index in [9.17, 15) is 18.9 Å². The molecule has 3 N–H and O–H groups in total. The Morgan fingerprint density at radius 1 is 1.19 bits per heavy atom. The number of thioether (sulfide) groups is 1. The zero-order valence-electron chi connectivity index (χ0n) is 10.7. The van der Waals surface area contributed by atoms with Crippen LogP contribution in [-0.2, 0) is 5.75 Å². The predicted molar refractivity (Wildman–Crippen MR) is 76.8 cm³/mol. The Morgan fingerprint density at radius 2 is 1.95 bits per heavy atom. The molecule has 0 fully saturated rings.